The first-order valence-corrected chi connectivity index (χ1v) is 8.02. The van der Waals surface area contributed by atoms with Crippen molar-refractivity contribution in [3.8, 4) is 0 Å². The number of allylic oxidation sites excluding steroid dienone is 1. The number of carbonyl (C=O) groups is 1. The highest BCUT2D eigenvalue weighted by Gasteiger charge is 2.29. The van der Waals surface area contributed by atoms with Crippen LogP contribution in [0.1, 0.15) is 37.5 Å². The predicted octanol–water partition coefficient (Wildman–Crippen LogP) is 2.97. The van der Waals surface area contributed by atoms with Crippen molar-refractivity contribution in [3.63, 3.8) is 0 Å². The largest absolute Gasteiger partial charge is 0.365 e. The molecular formula is C18H21N3OS. The van der Waals surface area contributed by atoms with Gasteiger partial charge in [0.25, 0.3) is 5.91 Å². The number of hydrogen-bond acceptors (Lipinski definition) is 3. The van der Waals surface area contributed by atoms with Gasteiger partial charge in [0.15, 0.2) is 5.11 Å². The number of carbonyl (C=O) groups excluding carboxylic acids is 1. The van der Waals surface area contributed by atoms with Crippen LogP contribution in [0, 0.1) is 6.92 Å². The fourth-order valence-corrected chi connectivity index (χ4v) is 3.31. The molecule has 0 saturated carbocycles. The van der Waals surface area contributed by atoms with Gasteiger partial charge in [0, 0.05) is 18.3 Å². The third kappa shape index (κ3) is 2.65. The highest BCUT2D eigenvalue weighted by atomic mass is 32.1. The van der Waals surface area contributed by atoms with Gasteiger partial charge >= 0.3 is 0 Å². The molecule has 2 N–H and O–H groups in total. The summed E-state index contributed by atoms with van der Waals surface area (Å²) in [5.74, 6) is -0.183. The maximum atomic E-state index is 11.8. The van der Waals surface area contributed by atoms with Gasteiger partial charge in [-0.3, -0.25) is 10.1 Å². The van der Waals surface area contributed by atoms with E-state index >= 15 is 0 Å². The van der Waals surface area contributed by atoms with E-state index < -0.39 is 0 Å². The quantitative estimate of drug-likeness (QED) is 0.615. The number of nitrogens with zero attached hydrogens (tertiary/aromatic N) is 1. The molecule has 1 fully saturated rings. The molecule has 0 aliphatic carbocycles. The second-order valence-electron chi connectivity index (χ2n) is 6.73. The van der Waals surface area contributed by atoms with Crippen molar-refractivity contribution in [2.75, 3.05) is 11.9 Å². The van der Waals surface area contributed by atoms with Gasteiger partial charge in [0.05, 0.1) is 5.54 Å². The van der Waals surface area contributed by atoms with E-state index in [2.05, 4.69) is 68.5 Å². The van der Waals surface area contributed by atoms with Gasteiger partial charge in [0.2, 0.25) is 0 Å². The van der Waals surface area contributed by atoms with E-state index in [0.717, 1.165) is 11.1 Å². The summed E-state index contributed by atoms with van der Waals surface area (Å²) in [4.78, 5) is 14.1. The second-order valence-corrected chi connectivity index (χ2v) is 7.14. The zero-order valence-electron chi connectivity index (χ0n) is 14.1. The molecule has 5 heteroatoms. The van der Waals surface area contributed by atoms with Gasteiger partial charge in [-0.1, -0.05) is 6.08 Å². The minimum Gasteiger partial charge on any atom is -0.365 e. The maximum absolute atomic E-state index is 11.8. The van der Waals surface area contributed by atoms with Gasteiger partial charge in [-0.2, -0.15) is 0 Å². The fourth-order valence-electron chi connectivity index (χ4n) is 3.11. The topological polar surface area (TPSA) is 44.4 Å². The Bertz CT molecular complexity index is 790. The number of hydrogen-bond donors (Lipinski definition) is 2. The first kappa shape index (κ1) is 15.7. The number of amides is 1. The van der Waals surface area contributed by atoms with Crippen molar-refractivity contribution in [1.29, 1.82) is 0 Å². The van der Waals surface area contributed by atoms with Crippen molar-refractivity contribution >= 4 is 40.6 Å². The van der Waals surface area contributed by atoms with Crippen molar-refractivity contribution in [3.05, 3.63) is 40.6 Å². The molecule has 2 heterocycles. The lowest BCUT2D eigenvalue weighted by Crippen LogP contribution is -2.42. The minimum absolute atomic E-state index is 0.0113. The van der Waals surface area contributed by atoms with E-state index in [9.17, 15) is 4.79 Å². The summed E-state index contributed by atoms with van der Waals surface area (Å²) in [5, 5.41) is 5.84. The number of aryl methyl sites for hydroxylation is 1. The van der Waals surface area contributed by atoms with E-state index in [4.69, 9.17) is 12.2 Å². The maximum Gasteiger partial charge on any atom is 0.273 e. The Morgan fingerprint density at radius 1 is 1.22 bits per heavy atom. The Hall–Kier alpha value is -2.14. The van der Waals surface area contributed by atoms with Crippen molar-refractivity contribution in [2.45, 2.75) is 33.2 Å². The Kier molecular flexibility index (Phi) is 3.56. The van der Waals surface area contributed by atoms with Crippen molar-refractivity contribution in [2.24, 2.45) is 0 Å². The molecule has 0 radical (unpaired) electrons. The molecule has 4 nitrogen and oxygen atoms in total. The average molecular weight is 327 g/mol. The third-order valence-electron chi connectivity index (χ3n) is 4.62. The Morgan fingerprint density at radius 2 is 1.91 bits per heavy atom. The number of rotatable bonds is 1. The van der Waals surface area contributed by atoms with Crippen LogP contribution in [0.15, 0.2) is 23.9 Å². The molecule has 1 amide bonds. The number of thiocarbonyl (C=S) groups is 1. The predicted molar refractivity (Wildman–Crippen MR) is 99.2 cm³/mol. The van der Waals surface area contributed by atoms with Gasteiger partial charge in [-0.05, 0) is 74.8 Å². The van der Waals surface area contributed by atoms with E-state index in [1.807, 2.05) is 6.08 Å². The molecule has 0 bridgehead atoms. The standard InChI is InChI=1S/C18H21N3OS/c1-10-6-15-13(11(2)9-18(3,4)21(15)5)7-12(10)8-14-16(22)20-17(23)19-14/h6-9H,1-5H3,(H2,19,20,22,23)/b14-8-. The van der Waals surface area contributed by atoms with Crippen LogP contribution in [0.2, 0.25) is 0 Å². The van der Waals surface area contributed by atoms with Gasteiger partial charge in [-0.15, -0.1) is 0 Å². The van der Waals surface area contributed by atoms with E-state index in [1.54, 1.807) is 0 Å². The highest BCUT2D eigenvalue weighted by molar-refractivity contribution is 7.80. The third-order valence-corrected chi connectivity index (χ3v) is 4.83. The molecule has 0 atom stereocenters. The van der Waals surface area contributed by atoms with Crippen LogP contribution in [0.25, 0.3) is 11.6 Å². The van der Waals surface area contributed by atoms with Gasteiger partial charge in [-0.25, -0.2) is 0 Å². The van der Waals surface area contributed by atoms with Crippen molar-refractivity contribution in [1.82, 2.24) is 10.6 Å². The summed E-state index contributed by atoms with van der Waals surface area (Å²) in [6, 6.07) is 4.33. The number of anilines is 1. The molecule has 0 unspecified atom stereocenters. The molecule has 3 rings (SSSR count). The van der Waals surface area contributed by atoms with Crippen LogP contribution >= 0.6 is 12.2 Å². The Morgan fingerprint density at radius 3 is 2.52 bits per heavy atom. The summed E-state index contributed by atoms with van der Waals surface area (Å²) in [7, 11) is 2.11. The molecular weight excluding hydrogens is 306 g/mol. The molecule has 0 spiro atoms. The van der Waals surface area contributed by atoms with Crippen LogP contribution in [-0.2, 0) is 4.79 Å². The molecule has 1 saturated heterocycles. The molecule has 2 aliphatic rings. The molecule has 0 aromatic heterocycles. The zero-order valence-corrected chi connectivity index (χ0v) is 14.9. The monoisotopic (exact) mass is 327 g/mol. The van der Waals surface area contributed by atoms with Crippen LogP contribution < -0.4 is 15.5 Å². The summed E-state index contributed by atoms with van der Waals surface area (Å²) >= 11 is 4.98. The number of nitrogens with one attached hydrogen (secondary N) is 2. The summed E-state index contributed by atoms with van der Waals surface area (Å²) in [6.07, 6.45) is 4.13. The van der Waals surface area contributed by atoms with E-state index in [1.165, 1.54) is 16.8 Å². The SMILES string of the molecule is CC1=CC(C)(C)N(C)c2cc(C)c(/C=C3\NC(=S)NC3=O)cc21. The van der Waals surface area contributed by atoms with Crippen molar-refractivity contribution < 1.29 is 4.79 Å². The van der Waals surface area contributed by atoms with Crippen LogP contribution in [-0.4, -0.2) is 23.6 Å². The molecule has 120 valence electrons. The smallest absolute Gasteiger partial charge is 0.273 e. The van der Waals surface area contributed by atoms with Crippen LogP contribution in [0.4, 0.5) is 5.69 Å². The van der Waals surface area contributed by atoms with E-state index in [-0.39, 0.29) is 11.4 Å². The van der Waals surface area contributed by atoms with Crippen LogP contribution in [0.5, 0.6) is 0 Å². The molecule has 2 aliphatic heterocycles. The lowest BCUT2D eigenvalue weighted by atomic mass is 9.87. The lowest BCUT2D eigenvalue weighted by molar-refractivity contribution is -0.115. The first-order chi connectivity index (χ1) is 10.7. The Labute approximate surface area is 142 Å². The normalized spacial score (nSPS) is 21.0. The lowest BCUT2D eigenvalue weighted by Gasteiger charge is -2.41. The zero-order chi connectivity index (χ0) is 16.9. The van der Waals surface area contributed by atoms with Crippen LogP contribution in [0.3, 0.4) is 0 Å². The van der Waals surface area contributed by atoms with E-state index in [0.29, 0.717) is 10.8 Å². The summed E-state index contributed by atoms with van der Waals surface area (Å²) in [6.45, 7) is 8.61. The number of benzene rings is 1. The molecule has 1 aromatic carbocycles. The Balaban J connectivity index is 2.10. The minimum atomic E-state index is -0.183. The molecule has 1 aromatic rings. The first-order valence-electron chi connectivity index (χ1n) is 7.61. The number of likely N-dealkylation sites (N-methyl/N-ethyl adjacent to an activating group) is 1. The summed E-state index contributed by atoms with van der Waals surface area (Å²) < 4.78 is 0. The second kappa shape index (κ2) is 5.20. The fraction of sp³-hybridized carbons (Fsp3) is 0.333. The van der Waals surface area contributed by atoms with Gasteiger partial charge < -0.3 is 10.2 Å². The highest BCUT2D eigenvalue weighted by Crippen LogP contribution is 2.39. The average Bonchev–Trinajstić information content (AvgIpc) is 2.76. The molecule has 23 heavy (non-hydrogen) atoms. The number of fused-ring (bicyclic) bond motifs is 1. The summed E-state index contributed by atoms with van der Waals surface area (Å²) in [5.41, 5.74) is 6.29. The van der Waals surface area contributed by atoms with Gasteiger partial charge in [0.1, 0.15) is 5.70 Å².